The summed E-state index contributed by atoms with van der Waals surface area (Å²) >= 11 is 0. The third kappa shape index (κ3) is 3.86. The Kier molecular flexibility index (Phi) is 4.63. The molecule has 0 unspecified atom stereocenters. The van der Waals surface area contributed by atoms with Crippen molar-refractivity contribution >= 4 is 0 Å². The summed E-state index contributed by atoms with van der Waals surface area (Å²) in [5, 5.41) is 7.57. The van der Waals surface area contributed by atoms with E-state index >= 15 is 0 Å². The Morgan fingerprint density at radius 2 is 2.26 bits per heavy atom. The average Bonchev–Trinajstić information content (AvgIpc) is 2.94. The average molecular weight is 263 g/mol. The van der Waals surface area contributed by atoms with E-state index in [4.69, 9.17) is 9.15 Å². The zero-order valence-electron chi connectivity index (χ0n) is 11.8. The number of hydrogen-bond donors (Lipinski definition) is 1. The Balaban J connectivity index is 1.84. The monoisotopic (exact) mass is 263 g/mol. The second kappa shape index (κ2) is 6.43. The van der Waals surface area contributed by atoms with E-state index in [0.717, 1.165) is 42.4 Å². The van der Waals surface area contributed by atoms with Gasteiger partial charge in [0, 0.05) is 25.2 Å². The van der Waals surface area contributed by atoms with Crippen LogP contribution in [0.5, 0.6) is 5.88 Å². The van der Waals surface area contributed by atoms with Crippen molar-refractivity contribution in [2.75, 3.05) is 6.54 Å². The van der Waals surface area contributed by atoms with Crippen LogP contribution in [-0.2, 0) is 20.2 Å². The molecule has 19 heavy (non-hydrogen) atoms. The molecule has 1 N–H and O–H groups in total. The van der Waals surface area contributed by atoms with Crippen LogP contribution in [0.2, 0.25) is 0 Å². The molecule has 2 aromatic heterocycles. The van der Waals surface area contributed by atoms with Gasteiger partial charge in [0.1, 0.15) is 12.4 Å². The van der Waals surface area contributed by atoms with Gasteiger partial charge in [-0.2, -0.15) is 5.10 Å². The van der Waals surface area contributed by atoms with Crippen molar-refractivity contribution in [3.05, 3.63) is 35.4 Å². The van der Waals surface area contributed by atoms with Gasteiger partial charge >= 0.3 is 0 Å². The molecule has 2 heterocycles. The van der Waals surface area contributed by atoms with Crippen molar-refractivity contribution in [3.63, 3.8) is 0 Å². The van der Waals surface area contributed by atoms with E-state index in [1.54, 1.807) is 10.9 Å². The molecule has 0 bridgehead atoms. The summed E-state index contributed by atoms with van der Waals surface area (Å²) in [6.07, 6.45) is 2.91. The van der Waals surface area contributed by atoms with Crippen LogP contribution < -0.4 is 10.1 Å². The lowest BCUT2D eigenvalue weighted by atomic mass is 10.3. The van der Waals surface area contributed by atoms with Crippen molar-refractivity contribution < 1.29 is 9.15 Å². The maximum atomic E-state index is 5.67. The third-order valence-electron chi connectivity index (χ3n) is 2.79. The third-order valence-corrected chi connectivity index (χ3v) is 2.79. The van der Waals surface area contributed by atoms with Gasteiger partial charge in [0.15, 0.2) is 0 Å². The number of nitrogens with zero attached hydrogens (tertiary/aromatic N) is 2. The fraction of sp³-hybridized carbons (Fsp3) is 0.500. The van der Waals surface area contributed by atoms with Gasteiger partial charge in [-0.1, -0.05) is 6.92 Å². The minimum atomic E-state index is 0.423. The van der Waals surface area contributed by atoms with Crippen LogP contribution >= 0.6 is 0 Å². The number of rotatable bonds is 7. The van der Waals surface area contributed by atoms with Gasteiger partial charge in [-0.3, -0.25) is 0 Å². The van der Waals surface area contributed by atoms with Crippen LogP contribution in [0.1, 0.15) is 30.4 Å². The molecule has 0 saturated carbocycles. The Morgan fingerprint density at radius 1 is 1.42 bits per heavy atom. The van der Waals surface area contributed by atoms with E-state index in [-0.39, 0.29) is 0 Å². The molecule has 2 rings (SSSR count). The van der Waals surface area contributed by atoms with Crippen molar-refractivity contribution in [1.29, 1.82) is 0 Å². The summed E-state index contributed by atoms with van der Waals surface area (Å²) in [5.74, 6) is 1.58. The minimum absolute atomic E-state index is 0.423. The standard InChI is InChI=1S/C14H21N3O2/c1-4-5-15-8-12-7-13(18-9-12)10-19-14-6-11(2)16-17(14)3/h6-7,9,15H,4-5,8,10H2,1-3H3. The van der Waals surface area contributed by atoms with E-state index < -0.39 is 0 Å². The van der Waals surface area contributed by atoms with E-state index in [0.29, 0.717) is 6.61 Å². The quantitative estimate of drug-likeness (QED) is 0.779. The molecule has 0 spiro atoms. The molecular weight excluding hydrogens is 242 g/mol. The SMILES string of the molecule is CCCNCc1coc(COc2cc(C)nn2C)c1. The molecule has 0 saturated heterocycles. The fourth-order valence-corrected chi connectivity index (χ4v) is 1.87. The smallest absolute Gasteiger partial charge is 0.212 e. The van der Waals surface area contributed by atoms with Gasteiger partial charge in [-0.05, 0) is 26.0 Å². The second-order valence-electron chi connectivity index (χ2n) is 4.63. The van der Waals surface area contributed by atoms with Crippen LogP contribution in [0.15, 0.2) is 22.8 Å². The molecule has 2 aromatic rings. The summed E-state index contributed by atoms with van der Waals surface area (Å²) in [5.41, 5.74) is 2.09. The highest BCUT2D eigenvalue weighted by Gasteiger charge is 2.06. The maximum absolute atomic E-state index is 5.67. The highest BCUT2D eigenvalue weighted by molar-refractivity contribution is 5.16. The van der Waals surface area contributed by atoms with Crippen molar-refractivity contribution in [3.8, 4) is 5.88 Å². The topological polar surface area (TPSA) is 52.2 Å². The lowest BCUT2D eigenvalue weighted by Crippen LogP contribution is -2.13. The first-order chi connectivity index (χ1) is 9.19. The number of ether oxygens (including phenoxy) is 1. The van der Waals surface area contributed by atoms with Crippen molar-refractivity contribution in [1.82, 2.24) is 15.1 Å². The van der Waals surface area contributed by atoms with Crippen LogP contribution in [0.4, 0.5) is 0 Å². The molecular formula is C14H21N3O2. The summed E-state index contributed by atoms with van der Waals surface area (Å²) in [6, 6.07) is 3.93. The lowest BCUT2D eigenvalue weighted by molar-refractivity contribution is 0.249. The van der Waals surface area contributed by atoms with E-state index in [2.05, 4.69) is 17.3 Å². The van der Waals surface area contributed by atoms with Crippen molar-refractivity contribution in [2.24, 2.45) is 7.05 Å². The summed E-state index contributed by atoms with van der Waals surface area (Å²) in [6.45, 7) is 6.37. The Morgan fingerprint density at radius 3 is 2.95 bits per heavy atom. The fourth-order valence-electron chi connectivity index (χ4n) is 1.87. The molecule has 0 atom stereocenters. The lowest BCUT2D eigenvalue weighted by Gasteiger charge is -2.03. The molecule has 0 aliphatic carbocycles. The van der Waals surface area contributed by atoms with Crippen molar-refractivity contribution in [2.45, 2.75) is 33.4 Å². The summed E-state index contributed by atoms with van der Waals surface area (Å²) in [7, 11) is 1.87. The molecule has 0 amide bonds. The molecule has 0 aliphatic rings. The van der Waals surface area contributed by atoms with Crippen LogP contribution in [0.25, 0.3) is 0 Å². The highest BCUT2D eigenvalue weighted by Crippen LogP contribution is 2.15. The molecule has 5 heteroatoms. The van der Waals surface area contributed by atoms with Gasteiger partial charge in [0.05, 0.1) is 12.0 Å². The van der Waals surface area contributed by atoms with Crippen LogP contribution in [0.3, 0.4) is 0 Å². The molecule has 5 nitrogen and oxygen atoms in total. The first-order valence-electron chi connectivity index (χ1n) is 6.59. The van der Waals surface area contributed by atoms with Gasteiger partial charge in [-0.25, -0.2) is 4.68 Å². The molecule has 0 fully saturated rings. The Bertz CT molecular complexity index is 516. The van der Waals surface area contributed by atoms with Crippen LogP contribution in [0, 0.1) is 6.92 Å². The minimum Gasteiger partial charge on any atom is -0.470 e. The second-order valence-corrected chi connectivity index (χ2v) is 4.63. The first-order valence-corrected chi connectivity index (χ1v) is 6.59. The van der Waals surface area contributed by atoms with Crippen LogP contribution in [-0.4, -0.2) is 16.3 Å². The molecule has 104 valence electrons. The zero-order valence-corrected chi connectivity index (χ0v) is 11.8. The number of hydrogen-bond acceptors (Lipinski definition) is 4. The maximum Gasteiger partial charge on any atom is 0.212 e. The molecule has 0 aromatic carbocycles. The Labute approximate surface area is 113 Å². The van der Waals surface area contributed by atoms with E-state index in [1.165, 1.54) is 0 Å². The first kappa shape index (κ1) is 13.7. The van der Waals surface area contributed by atoms with Gasteiger partial charge < -0.3 is 14.5 Å². The summed E-state index contributed by atoms with van der Waals surface area (Å²) < 4.78 is 12.9. The van der Waals surface area contributed by atoms with Gasteiger partial charge in [0.25, 0.3) is 0 Å². The normalized spacial score (nSPS) is 10.9. The number of aromatic nitrogens is 2. The van der Waals surface area contributed by atoms with Gasteiger partial charge in [0.2, 0.25) is 5.88 Å². The van der Waals surface area contributed by atoms with Gasteiger partial charge in [-0.15, -0.1) is 0 Å². The number of aryl methyl sites for hydroxylation is 2. The predicted molar refractivity (Wildman–Crippen MR) is 73.0 cm³/mol. The highest BCUT2D eigenvalue weighted by atomic mass is 16.5. The van der Waals surface area contributed by atoms with E-state index in [9.17, 15) is 0 Å². The zero-order chi connectivity index (χ0) is 13.7. The largest absolute Gasteiger partial charge is 0.470 e. The summed E-state index contributed by atoms with van der Waals surface area (Å²) in [4.78, 5) is 0. The van der Waals surface area contributed by atoms with E-state index in [1.807, 2.05) is 26.1 Å². The number of furan rings is 1. The Hall–Kier alpha value is -1.75. The number of nitrogens with one attached hydrogen (secondary N) is 1. The molecule has 0 radical (unpaired) electrons. The molecule has 0 aliphatic heterocycles. The predicted octanol–water partition coefficient (Wildman–Crippen LogP) is 2.40.